The monoisotopic (exact) mass is 220 g/mol. The number of thiocarbonyl (C=S) groups is 1. The van der Waals surface area contributed by atoms with Crippen LogP contribution in [0.4, 0.5) is 0 Å². The molecule has 1 rings (SSSR count). The zero-order chi connectivity index (χ0) is 10.9. The maximum atomic E-state index is 4.94. The van der Waals surface area contributed by atoms with Gasteiger partial charge in [0.15, 0.2) is 5.11 Å². The number of hydrogen-bond donors (Lipinski definition) is 2. The number of pyridine rings is 1. The molecule has 1 heterocycles. The van der Waals surface area contributed by atoms with E-state index in [2.05, 4.69) is 27.4 Å². The molecule has 0 aliphatic heterocycles. The lowest BCUT2D eigenvalue weighted by atomic mass is 10.3. The van der Waals surface area contributed by atoms with Crippen molar-refractivity contribution >= 4 is 23.5 Å². The van der Waals surface area contributed by atoms with Crippen LogP contribution in [0.2, 0.25) is 0 Å². The Hall–Kier alpha value is -1.75. The van der Waals surface area contributed by atoms with Gasteiger partial charge >= 0.3 is 0 Å². The second-order valence-electron chi connectivity index (χ2n) is 2.66. The predicted molar refractivity (Wildman–Crippen MR) is 65.8 cm³/mol. The number of rotatable bonds is 4. The minimum Gasteiger partial charge on any atom is -0.358 e. The van der Waals surface area contributed by atoms with E-state index in [0.717, 1.165) is 5.56 Å². The van der Waals surface area contributed by atoms with Crippen molar-refractivity contribution in [2.45, 2.75) is 0 Å². The summed E-state index contributed by atoms with van der Waals surface area (Å²) < 4.78 is 0. The molecule has 0 saturated heterocycles. The molecule has 0 fully saturated rings. The van der Waals surface area contributed by atoms with Gasteiger partial charge in [-0.2, -0.15) is 5.10 Å². The van der Waals surface area contributed by atoms with E-state index in [0.29, 0.717) is 11.7 Å². The zero-order valence-electron chi connectivity index (χ0n) is 8.18. The lowest BCUT2D eigenvalue weighted by molar-refractivity contribution is 0.941. The van der Waals surface area contributed by atoms with Crippen LogP contribution in [0.5, 0.6) is 0 Å². The summed E-state index contributed by atoms with van der Waals surface area (Å²) in [6, 6.07) is 3.74. The Kier molecular flexibility index (Phi) is 5.03. The van der Waals surface area contributed by atoms with Gasteiger partial charge in [0.25, 0.3) is 0 Å². The topological polar surface area (TPSA) is 49.3 Å². The third-order valence-electron chi connectivity index (χ3n) is 1.47. The van der Waals surface area contributed by atoms with Crippen molar-refractivity contribution in [3.63, 3.8) is 0 Å². The third kappa shape index (κ3) is 4.87. The normalized spacial score (nSPS) is 9.87. The Morgan fingerprint density at radius 1 is 1.67 bits per heavy atom. The van der Waals surface area contributed by atoms with Gasteiger partial charge in [0.2, 0.25) is 0 Å². The summed E-state index contributed by atoms with van der Waals surface area (Å²) in [4.78, 5) is 3.95. The van der Waals surface area contributed by atoms with Gasteiger partial charge in [0.05, 0.1) is 6.21 Å². The standard InChI is InChI=1S/C10H12N4S/c1-2-5-12-10(15)14-13-8-9-4-3-6-11-7-9/h2-4,6-8H,1,5H2,(H2,12,14,15)/b13-8+. The minimum atomic E-state index is 0.468. The van der Waals surface area contributed by atoms with E-state index < -0.39 is 0 Å². The molecule has 1 aromatic heterocycles. The van der Waals surface area contributed by atoms with Crippen LogP contribution in [0.15, 0.2) is 42.3 Å². The predicted octanol–water partition coefficient (Wildman–Crippen LogP) is 1.07. The van der Waals surface area contributed by atoms with Crippen molar-refractivity contribution in [3.05, 3.63) is 42.7 Å². The first-order chi connectivity index (χ1) is 7.33. The molecule has 4 nitrogen and oxygen atoms in total. The first kappa shape index (κ1) is 11.3. The third-order valence-corrected chi connectivity index (χ3v) is 1.71. The number of hydrogen-bond acceptors (Lipinski definition) is 3. The van der Waals surface area contributed by atoms with Gasteiger partial charge in [-0.25, -0.2) is 0 Å². The Labute approximate surface area is 94.1 Å². The fourth-order valence-electron chi connectivity index (χ4n) is 0.822. The maximum Gasteiger partial charge on any atom is 0.187 e. The molecule has 0 saturated carbocycles. The second kappa shape index (κ2) is 6.67. The van der Waals surface area contributed by atoms with Gasteiger partial charge in [0, 0.05) is 24.5 Å². The summed E-state index contributed by atoms with van der Waals surface area (Å²) in [5, 5.41) is 7.30. The first-order valence-corrected chi connectivity index (χ1v) is 4.81. The van der Waals surface area contributed by atoms with E-state index >= 15 is 0 Å². The van der Waals surface area contributed by atoms with Crippen LogP contribution < -0.4 is 10.7 Å². The zero-order valence-corrected chi connectivity index (χ0v) is 9.00. The van der Waals surface area contributed by atoms with Crippen molar-refractivity contribution in [2.75, 3.05) is 6.54 Å². The molecule has 0 atom stereocenters. The maximum absolute atomic E-state index is 4.94. The molecule has 2 N–H and O–H groups in total. The molecule has 0 amide bonds. The van der Waals surface area contributed by atoms with Crippen LogP contribution in [-0.2, 0) is 0 Å². The summed E-state index contributed by atoms with van der Waals surface area (Å²) in [5.74, 6) is 0. The molecule has 15 heavy (non-hydrogen) atoms. The SMILES string of the molecule is C=CCNC(=S)N/N=C/c1cccnc1. The van der Waals surface area contributed by atoms with E-state index in [4.69, 9.17) is 12.2 Å². The fourth-order valence-corrected chi connectivity index (χ4v) is 0.958. The smallest absolute Gasteiger partial charge is 0.187 e. The number of hydrazone groups is 1. The Balaban J connectivity index is 2.33. The fraction of sp³-hybridized carbons (Fsp3) is 0.100. The molecule has 1 aromatic rings. The highest BCUT2D eigenvalue weighted by Crippen LogP contribution is 1.89. The molecule has 0 bridgehead atoms. The van der Waals surface area contributed by atoms with Crippen LogP contribution in [0.3, 0.4) is 0 Å². The Bertz CT molecular complexity index is 348. The van der Waals surface area contributed by atoms with Gasteiger partial charge in [-0.05, 0) is 18.3 Å². The molecule has 0 unspecified atom stereocenters. The highest BCUT2D eigenvalue weighted by atomic mass is 32.1. The largest absolute Gasteiger partial charge is 0.358 e. The first-order valence-electron chi connectivity index (χ1n) is 4.41. The van der Waals surface area contributed by atoms with Crippen molar-refractivity contribution in [1.29, 1.82) is 0 Å². The van der Waals surface area contributed by atoms with Crippen molar-refractivity contribution in [1.82, 2.24) is 15.7 Å². The van der Waals surface area contributed by atoms with E-state index in [1.165, 1.54) is 0 Å². The van der Waals surface area contributed by atoms with Crippen molar-refractivity contribution in [3.8, 4) is 0 Å². The van der Waals surface area contributed by atoms with E-state index in [9.17, 15) is 0 Å². The molecular formula is C10H12N4S. The van der Waals surface area contributed by atoms with Gasteiger partial charge in [-0.15, -0.1) is 6.58 Å². The molecule has 0 radical (unpaired) electrons. The molecule has 0 aromatic carbocycles. The van der Waals surface area contributed by atoms with Gasteiger partial charge in [0.1, 0.15) is 0 Å². The summed E-state index contributed by atoms with van der Waals surface area (Å²) in [5.41, 5.74) is 3.59. The number of nitrogens with one attached hydrogen (secondary N) is 2. The summed E-state index contributed by atoms with van der Waals surface area (Å²) in [7, 11) is 0. The summed E-state index contributed by atoms with van der Waals surface area (Å²) in [6.45, 7) is 4.18. The van der Waals surface area contributed by atoms with Gasteiger partial charge < -0.3 is 5.32 Å². The van der Waals surface area contributed by atoms with E-state index in [1.54, 1.807) is 24.7 Å². The average molecular weight is 220 g/mol. The number of aromatic nitrogens is 1. The van der Waals surface area contributed by atoms with Crippen LogP contribution in [0, 0.1) is 0 Å². The molecule has 78 valence electrons. The Morgan fingerprint density at radius 3 is 3.20 bits per heavy atom. The average Bonchev–Trinajstić information content (AvgIpc) is 2.28. The minimum absolute atomic E-state index is 0.468. The lowest BCUT2D eigenvalue weighted by Crippen LogP contribution is -2.31. The second-order valence-corrected chi connectivity index (χ2v) is 3.06. The van der Waals surface area contributed by atoms with Crippen molar-refractivity contribution < 1.29 is 0 Å². The molecular weight excluding hydrogens is 208 g/mol. The van der Waals surface area contributed by atoms with E-state index in [1.807, 2.05) is 12.1 Å². The van der Waals surface area contributed by atoms with Crippen molar-refractivity contribution in [2.24, 2.45) is 5.10 Å². The molecule has 5 heteroatoms. The summed E-state index contributed by atoms with van der Waals surface area (Å²) in [6.07, 6.45) is 6.79. The van der Waals surface area contributed by atoms with Crippen LogP contribution in [-0.4, -0.2) is 22.9 Å². The Morgan fingerprint density at radius 2 is 2.53 bits per heavy atom. The lowest BCUT2D eigenvalue weighted by Gasteiger charge is -2.02. The van der Waals surface area contributed by atoms with Gasteiger partial charge in [-0.1, -0.05) is 12.1 Å². The molecule has 0 aliphatic carbocycles. The number of nitrogens with zero attached hydrogens (tertiary/aromatic N) is 2. The quantitative estimate of drug-likeness (QED) is 0.345. The highest BCUT2D eigenvalue weighted by molar-refractivity contribution is 7.80. The van der Waals surface area contributed by atoms with Crippen LogP contribution >= 0.6 is 12.2 Å². The summed E-state index contributed by atoms with van der Waals surface area (Å²) >= 11 is 4.94. The highest BCUT2D eigenvalue weighted by Gasteiger charge is 1.88. The molecule has 0 aliphatic rings. The van der Waals surface area contributed by atoms with Gasteiger partial charge in [-0.3, -0.25) is 10.4 Å². The van der Waals surface area contributed by atoms with Crippen LogP contribution in [0.25, 0.3) is 0 Å². The van der Waals surface area contributed by atoms with Crippen LogP contribution in [0.1, 0.15) is 5.56 Å². The molecule has 0 spiro atoms. The van der Waals surface area contributed by atoms with E-state index in [-0.39, 0.29) is 0 Å².